The summed E-state index contributed by atoms with van der Waals surface area (Å²) in [6.45, 7) is 9.10. The number of hydrogen-bond acceptors (Lipinski definition) is 5. The Kier molecular flexibility index (Phi) is 5.03. The van der Waals surface area contributed by atoms with Crippen LogP contribution in [-0.2, 0) is 16.6 Å². The first kappa shape index (κ1) is 16.4. The Labute approximate surface area is 126 Å². The number of aromatic nitrogens is 2. The summed E-state index contributed by atoms with van der Waals surface area (Å²) >= 11 is 0. The number of rotatable bonds is 6. The van der Waals surface area contributed by atoms with E-state index in [1.165, 1.54) is 4.31 Å². The predicted molar refractivity (Wildman–Crippen MR) is 81.3 cm³/mol. The largest absolute Gasteiger partial charge is 0.326 e. The first-order valence-electron chi connectivity index (χ1n) is 7.43. The van der Waals surface area contributed by atoms with Crippen molar-refractivity contribution in [3.8, 4) is 0 Å². The van der Waals surface area contributed by atoms with Crippen LogP contribution in [0.5, 0.6) is 0 Å². The number of hydrogen-bond donors (Lipinski definition) is 2. The van der Waals surface area contributed by atoms with Gasteiger partial charge in [0.1, 0.15) is 0 Å². The fourth-order valence-electron chi connectivity index (χ4n) is 2.97. The highest BCUT2D eigenvalue weighted by atomic mass is 32.2. The van der Waals surface area contributed by atoms with E-state index in [0.717, 1.165) is 25.2 Å². The summed E-state index contributed by atoms with van der Waals surface area (Å²) in [5.41, 5.74) is 6.96. The van der Waals surface area contributed by atoms with Gasteiger partial charge in [0.15, 0.2) is 5.03 Å². The van der Waals surface area contributed by atoms with E-state index in [1.54, 1.807) is 6.92 Å². The molecular formula is C13H25N5O2S. The summed E-state index contributed by atoms with van der Waals surface area (Å²) in [6, 6.07) is 0.288. The number of likely N-dealkylation sites (N-methyl/N-ethyl adjacent to an activating group) is 1. The molecule has 0 aromatic carbocycles. The molecule has 7 nitrogen and oxygen atoms in total. The Bertz CT molecular complexity index is 579. The summed E-state index contributed by atoms with van der Waals surface area (Å²) in [4.78, 5) is 2.30. The monoisotopic (exact) mass is 315 g/mol. The van der Waals surface area contributed by atoms with E-state index in [4.69, 9.17) is 5.73 Å². The molecule has 2 rings (SSSR count). The van der Waals surface area contributed by atoms with Gasteiger partial charge in [0, 0.05) is 36.9 Å². The number of aromatic amines is 1. The zero-order valence-electron chi connectivity index (χ0n) is 13.0. The standard InChI is InChI=1S/C13H25N5O2S/c1-4-17(5-2)11-6-7-18(9-11)21(19,20)13-12(8-14)10(3)15-16-13/h11H,4-9,14H2,1-3H3,(H,15,16). The number of nitrogens with one attached hydrogen (secondary N) is 1. The van der Waals surface area contributed by atoms with Crippen LogP contribution >= 0.6 is 0 Å². The van der Waals surface area contributed by atoms with Gasteiger partial charge in [-0.2, -0.15) is 9.40 Å². The van der Waals surface area contributed by atoms with Crippen LogP contribution in [0.15, 0.2) is 5.03 Å². The Morgan fingerprint density at radius 3 is 2.67 bits per heavy atom. The van der Waals surface area contributed by atoms with Crippen molar-refractivity contribution >= 4 is 10.0 Å². The fourth-order valence-corrected chi connectivity index (χ4v) is 4.64. The minimum atomic E-state index is -3.56. The molecule has 8 heteroatoms. The maximum Gasteiger partial charge on any atom is 0.262 e. The maximum atomic E-state index is 12.7. The molecule has 1 fully saturated rings. The number of sulfonamides is 1. The lowest BCUT2D eigenvalue weighted by Gasteiger charge is -2.25. The third kappa shape index (κ3) is 2.98. The van der Waals surface area contributed by atoms with E-state index in [9.17, 15) is 8.42 Å². The highest BCUT2D eigenvalue weighted by Crippen LogP contribution is 2.25. The normalized spacial score (nSPS) is 20.5. The van der Waals surface area contributed by atoms with Crippen LogP contribution in [0.1, 0.15) is 31.5 Å². The smallest absolute Gasteiger partial charge is 0.262 e. The summed E-state index contributed by atoms with van der Waals surface area (Å²) < 4.78 is 27.0. The van der Waals surface area contributed by atoms with Crippen molar-refractivity contribution in [1.29, 1.82) is 0 Å². The molecule has 3 N–H and O–H groups in total. The molecule has 1 aliphatic rings. The lowest BCUT2D eigenvalue weighted by Crippen LogP contribution is -2.38. The average molecular weight is 315 g/mol. The predicted octanol–water partition coefficient (Wildman–Crippen LogP) is 0.282. The Hall–Kier alpha value is -0.960. The molecule has 1 atom stereocenters. The SMILES string of the molecule is CCN(CC)C1CCN(S(=O)(=O)c2n[nH]c(C)c2CN)C1. The fraction of sp³-hybridized carbons (Fsp3) is 0.769. The molecule has 0 saturated carbocycles. The van der Waals surface area contributed by atoms with E-state index < -0.39 is 10.0 Å². The van der Waals surface area contributed by atoms with Gasteiger partial charge < -0.3 is 5.73 Å². The highest BCUT2D eigenvalue weighted by molar-refractivity contribution is 7.89. The summed E-state index contributed by atoms with van der Waals surface area (Å²) in [5.74, 6) is 0. The minimum Gasteiger partial charge on any atom is -0.326 e. The number of nitrogens with zero attached hydrogens (tertiary/aromatic N) is 3. The molecule has 1 aliphatic heterocycles. The second-order valence-corrected chi connectivity index (χ2v) is 7.22. The van der Waals surface area contributed by atoms with Crippen LogP contribution < -0.4 is 5.73 Å². The molecule has 0 radical (unpaired) electrons. The minimum absolute atomic E-state index is 0.0858. The van der Waals surface area contributed by atoms with Crippen molar-refractivity contribution in [3.05, 3.63) is 11.3 Å². The first-order valence-corrected chi connectivity index (χ1v) is 8.87. The zero-order valence-corrected chi connectivity index (χ0v) is 13.8. The summed E-state index contributed by atoms with van der Waals surface area (Å²) in [5, 5.41) is 6.78. The topological polar surface area (TPSA) is 95.3 Å². The lowest BCUT2D eigenvalue weighted by molar-refractivity contribution is 0.224. The quantitative estimate of drug-likeness (QED) is 0.786. The molecular weight excluding hydrogens is 290 g/mol. The van der Waals surface area contributed by atoms with Crippen molar-refractivity contribution in [2.45, 2.75) is 44.8 Å². The van der Waals surface area contributed by atoms with Gasteiger partial charge in [-0.15, -0.1) is 0 Å². The second kappa shape index (κ2) is 6.43. The highest BCUT2D eigenvalue weighted by Gasteiger charge is 2.37. The molecule has 1 aromatic heterocycles. The van der Waals surface area contributed by atoms with Crippen LogP contribution in [0.25, 0.3) is 0 Å². The zero-order chi connectivity index (χ0) is 15.6. The summed E-state index contributed by atoms with van der Waals surface area (Å²) in [6.07, 6.45) is 0.863. The van der Waals surface area contributed by atoms with Crippen molar-refractivity contribution in [1.82, 2.24) is 19.4 Å². The van der Waals surface area contributed by atoms with Crippen molar-refractivity contribution in [2.24, 2.45) is 5.73 Å². The maximum absolute atomic E-state index is 12.7. The van der Waals surface area contributed by atoms with Crippen molar-refractivity contribution in [3.63, 3.8) is 0 Å². The molecule has 0 bridgehead atoms. The molecule has 0 aliphatic carbocycles. The van der Waals surface area contributed by atoms with E-state index in [-0.39, 0.29) is 17.6 Å². The van der Waals surface area contributed by atoms with Crippen molar-refractivity contribution in [2.75, 3.05) is 26.2 Å². The third-order valence-corrected chi connectivity index (χ3v) is 6.12. The first-order chi connectivity index (χ1) is 9.95. The van der Waals surface area contributed by atoms with E-state index in [2.05, 4.69) is 28.9 Å². The van der Waals surface area contributed by atoms with Gasteiger partial charge in [-0.25, -0.2) is 8.42 Å². The molecule has 21 heavy (non-hydrogen) atoms. The molecule has 0 spiro atoms. The number of aryl methyl sites for hydroxylation is 1. The van der Waals surface area contributed by atoms with Gasteiger partial charge in [-0.05, 0) is 26.4 Å². The van der Waals surface area contributed by atoms with Crippen LogP contribution in [0.3, 0.4) is 0 Å². The van der Waals surface area contributed by atoms with Gasteiger partial charge >= 0.3 is 0 Å². The van der Waals surface area contributed by atoms with Crippen LogP contribution in [0.4, 0.5) is 0 Å². The van der Waals surface area contributed by atoms with Gasteiger partial charge in [-0.3, -0.25) is 10.00 Å². The molecule has 1 aromatic rings. The number of nitrogens with two attached hydrogens (primary N) is 1. The lowest BCUT2D eigenvalue weighted by atomic mass is 10.2. The molecule has 120 valence electrons. The second-order valence-electron chi connectivity index (χ2n) is 5.36. The van der Waals surface area contributed by atoms with E-state index in [1.807, 2.05) is 0 Å². The molecule has 2 heterocycles. The van der Waals surface area contributed by atoms with Crippen LogP contribution in [0, 0.1) is 6.92 Å². The third-order valence-electron chi connectivity index (χ3n) is 4.28. The Balaban J connectivity index is 2.22. The van der Waals surface area contributed by atoms with Gasteiger partial charge in [-0.1, -0.05) is 13.8 Å². The molecule has 1 unspecified atom stereocenters. The average Bonchev–Trinajstić information content (AvgIpc) is 3.07. The van der Waals surface area contributed by atoms with Gasteiger partial charge in [0.2, 0.25) is 0 Å². The Morgan fingerprint density at radius 2 is 2.10 bits per heavy atom. The van der Waals surface area contributed by atoms with Crippen LogP contribution in [0.2, 0.25) is 0 Å². The van der Waals surface area contributed by atoms with E-state index in [0.29, 0.717) is 18.7 Å². The molecule has 1 saturated heterocycles. The van der Waals surface area contributed by atoms with Crippen LogP contribution in [-0.4, -0.2) is 60.0 Å². The summed E-state index contributed by atoms with van der Waals surface area (Å²) in [7, 11) is -3.56. The van der Waals surface area contributed by atoms with Crippen molar-refractivity contribution < 1.29 is 8.42 Å². The van der Waals surface area contributed by atoms with E-state index >= 15 is 0 Å². The van der Waals surface area contributed by atoms with Gasteiger partial charge in [0.25, 0.3) is 10.0 Å². The van der Waals surface area contributed by atoms with Gasteiger partial charge in [0.05, 0.1) is 0 Å². The molecule has 0 amide bonds. The number of H-pyrrole nitrogens is 1. The Morgan fingerprint density at radius 1 is 1.43 bits per heavy atom.